The second-order valence-corrected chi connectivity index (χ2v) is 7.30. The molecule has 122 valence electrons. The minimum atomic E-state index is 0.565. The Bertz CT molecular complexity index is 650. The number of thiocarbonyl (C=S) groups is 1. The van der Waals surface area contributed by atoms with Crippen LogP contribution >= 0.6 is 47.2 Å². The molecule has 0 atom stereocenters. The molecule has 0 fully saturated rings. The van der Waals surface area contributed by atoms with E-state index >= 15 is 0 Å². The van der Waals surface area contributed by atoms with Crippen LogP contribution < -0.4 is 5.32 Å². The summed E-state index contributed by atoms with van der Waals surface area (Å²) in [5, 5.41) is 5.12. The average molecular weight is 385 g/mol. The quantitative estimate of drug-likeness (QED) is 0.423. The monoisotopic (exact) mass is 384 g/mol. The van der Waals surface area contributed by atoms with Gasteiger partial charge in [-0.2, -0.15) is 0 Å². The predicted octanol–water partition coefficient (Wildman–Crippen LogP) is 5.09. The molecule has 0 amide bonds. The van der Waals surface area contributed by atoms with Crippen molar-refractivity contribution in [2.45, 2.75) is 11.4 Å². The Morgan fingerprint density at radius 1 is 1.13 bits per heavy atom. The molecular formula is C17H18Cl2N2S2. The third kappa shape index (κ3) is 5.88. The molecule has 2 rings (SSSR count). The van der Waals surface area contributed by atoms with E-state index in [1.54, 1.807) is 17.8 Å². The van der Waals surface area contributed by atoms with Gasteiger partial charge >= 0.3 is 0 Å². The van der Waals surface area contributed by atoms with Gasteiger partial charge in [0.15, 0.2) is 5.11 Å². The summed E-state index contributed by atoms with van der Waals surface area (Å²) in [7, 11) is 1.94. The molecule has 0 aliphatic heterocycles. The van der Waals surface area contributed by atoms with E-state index in [4.69, 9.17) is 35.4 Å². The van der Waals surface area contributed by atoms with Gasteiger partial charge in [-0.15, -0.1) is 11.8 Å². The molecular weight excluding hydrogens is 367 g/mol. The average Bonchev–Trinajstić information content (AvgIpc) is 2.56. The highest BCUT2D eigenvalue weighted by atomic mass is 35.5. The highest BCUT2D eigenvalue weighted by Gasteiger charge is 2.09. The lowest BCUT2D eigenvalue weighted by atomic mass is 10.2. The summed E-state index contributed by atoms with van der Waals surface area (Å²) in [6, 6.07) is 16.0. The van der Waals surface area contributed by atoms with Crippen LogP contribution in [-0.2, 0) is 6.54 Å². The van der Waals surface area contributed by atoms with E-state index in [1.165, 1.54) is 4.90 Å². The number of nitrogens with one attached hydrogen (secondary N) is 1. The van der Waals surface area contributed by atoms with Crippen LogP contribution in [0.25, 0.3) is 0 Å². The van der Waals surface area contributed by atoms with Crippen molar-refractivity contribution in [2.75, 3.05) is 19.3 Å². The van der Waals surface area contributed by atoms with E-state index in [9.17, 15) is 0 Å². The molecule has 0 saturated heterocycles. The van der Waals surface area contributed by atoms with E-state index in [2.05, 4.69) is 17.4 Å². The number of benzene rings is 2. The zero-order valence-corrected chi connectivity index (χ0v) is 15.9. The lowest BCUT2D eigenvalue weighted by Crippen LogP contribution is -2.37. The number of rotatable bonds is 6. The van der Waals surface area contributed by atoms with Crippen LogP contribution in [0.3, 0.4) is 0 Å². The molecule has 6 heteroatoms. The fourth-order valence-corrected chi connectivity index (χ4v) is 3.31. The van der Waals surface area contributed by atoms with Gasteiger partial charge < -0.3 is 10.2 Å². The largest absolute Gasteiger partial charge is 0.362 e. The summed E-state index contributed by atoms with van der Waals surface area (Å²) in [5.74, 6) is 0.954. The molecule has 2 aromatic rings. The Morgan fingerprint density at radius 2 is 1.87 bits per heavy atom. The van der Waals surface area contributed by atoms with Crippen LogP contribution in [0.5, 0.6) is 0 Å². The van der Waals surface area contributed by atoms with Gasteiger partial charge in [0.1, 0.15) is 0 Å². The topological polar surface area (TPSA) is 15.3 Å². The number of hydrogen-bond donors (Lipinski definition) is 1. The molecule has 23 heavy (non-hydrogen) atoms. The Kier molecular flexibility index (Phi) is 7.50. The maximum Gasteiger partial charge on any atom is 0.169 e. The van der Waals surface area contributed by atoms with Gasteiger partial charge in [0.25, 0.3) is 0 Å². The van der Waals surface area contributed by atoms with Crippen molar-refractivity contribution in [2.24, 2.45) is 0 Å². The molecule has 0 bridgehead atoms. The minimum Gasteiger partial charge on any atom is -0.362 e. The number of nitrogens with zero attached hydrogens (tertiary/aromatic N) is 1. The molecule has 0 heterocycles. The summed E-state index contributed by atoms with van der Waals surface area (Å²) in [5.41, 5.74) is 0.962. The SMILES string of the molecule is CN(Cc1cccc(Cl)c1Cl)C(=S)NCCSc1ccccc1. The van der Waals surface area contributed by atoms with Crippen molar-refractivity contribution in [3.8, 4) is 0 Å². The molecule has 0 aromatic heterocycles. The molecule has 1 N–H and O–H groups in total. The normalized spacial score (nSPS) is 10.4. The predicted molar refractivity (Wildman–Crippen MR) is 106 cm³/mol. The van der Waals surface area contributed by atoms with Crippen molar-refractivity contribution < 1.29 is 0 Å². The third-order valence-electron chi connectivity index (χ3n) is 3.18. The maximum absolute atomic E-state index is 6.21. The first kappa shape index (κ1) is 18.4. The standard InChI is InChI=1S/C17H18Cl2N2S2/c1-21(12-13-6-5-9-15(18)16(13)19)17(22)20-10-11-23-14-7-3-2-4-8-14/h2-9H,10-12H2,1H3,(H,20,22). The summed E-state index contributed by atoms with van der Waals surface area (Å²) < 4.78 is 0. The third-order valence-corrected chi connectivity index (χ3v) is 5.50. The van der Waals surface area contributed by atoms with E-state index < -0.39 is 0 Å². The highest BCUT2D eigenvalue weighted by Crippen LogP contribution is 2.26. The first-order valence-corrected chi connectivity index (χ1v) is 9.32. The van der Waals surface area contributed by atoms with E-state index in [0.29, 0.717) is 21.7 Å². The fraction of sp³-hybridized carbons (Fsp3) is 0.235. The Hall–Kier alpha value is -0.940. The van der Waals surface area contributed by atoms with Gasteiger partial charge in [0.05, 0.1) is 10.0 Å². The van der Waals surface area contributed by atoms with Crippen LogP contribution in [0.2, 0.25) is 10.0 Å². The summed E-state index contributed by atoms with van der Waals surface area (Å²) in [6.07, 6.45) is 0. The second-order valence-electron chi connectivity index (χ2n) is 4.96. The summed E-state index contributed by atoms with van der Waals surface area (Å²) >= 11 is 19.5. The first-order chi connectivity index (χ1) is 11.1. The zero-order chi connectivity index (χ0) is 16.7. The van der Waals surface area contributed by atoms with Gasteiger partial charge in [-0.25, -0.2) is 0 Å². The molecule has 0 spiro atoms. The highest BCUT2D eigenvalue weighted by molar-refractivity contribution is 7.99. The lowest BCUT2D eigenvalue weighted by Gasteiger charge is -2.21. The van der Waals surface area contributed by atoms with E-state index in [1.807, 2.05) is 42.3 Å². The first-order valence-electron chi connectivity index (χ1n) is 7.17. The van der Waals surface area contributed by atoms with Gasteiger partial charge in [-0.3, -0.25) is 0 Å². The summed E-state index contributed by atoms with van der Waals surface area (Å²) in [4.78, 5) is 3.22. The molecule has 0 unspecified atom stereocenters. The molecule has 0 saturated carbocycles. The van der Waals surface area contributed by atoms with Gasteiger partial charge in [0.2, 0.25) is 0 Å². The number of halogens is 2. The Balaban J connectivity index is 1.75. The zero-order valence-electron chi connectivity index (χ0n) is 12.8. The fourth-order valence-electron chi connectivity index (χ4n) is 1.98. The molecule has 2 aromatic carbocycles. The van der Waals surface area contributed by atoms with E-state index in [-0.39, 0.29) is 0 Å². The number of hydrogen-bond acceptors (Lipinski definition) is 2. The Morgan fingerprint density at radius 3 is 2.61 bits per heavy atom. The van der Waals surface area contributed by atoms with Crippen molar-refractivity contribution in [3.05, 3.63) is 64.1 Å². The van der Waals surface area contributed by atoms with Crippen molar-refractivity contribution >= 4 is 52.3 Å². The van der Waals surface area contributed by atoms with Crippen molar-refractivity contribution in [1.82, 2.24) is 10.2 Å². The van der Waals surface area contributed by atoms with Crippen molar-refractivity contribution in [1.29, 1.82) is 0 Å². The molecule has 0 aliphatic rings. The van der Waals surface area contributed by atoms with Crippen LogP contribution in [-0.4, -0.2) is 29.4 Å². The minimum absolute atomic E-state index is 0.565. The molecule has 2 nitrogen and oxygen atoms in total. The van der Waals surface area contributed by atoms with E-state index in [0.717, 1.165) is 17.9 Å². The van der Waals surface area contributed by atoms with Crippen LogP contribution in [0.4, 0.5) is 0 Å². The van der Waals surface area contributed by atoms with Gasteiger partial charge in [-0.1, -0.05) is 53.5 Å². The molecule has 0 aliphatic carbocycles. The molecule has 0 radical (unpaired) electrons. The van der Waals surface area contributed by atoms with Gasteiger partial charge in [-0.05, 0) is 36.0 Å². The van der Waals surface area contributed by atoms with Gasteiger partial charge in [0, 0.05) is 30.8 Å². The smallest absolute Gasteiger partial charge is 0.169 e. The van der Waals surface area contributed by atoms with Crippen LogP contribution in [0.15, 0.2) is 53.4 Å². The van der Waals surface area contributed by atoms with Crippen LogP contribution in [0.1, 0.15) is 5.56 Å². The maximum atomic E-state index is 6.21. The summed E-state index contributed by atoms with van der Waals surface area (Å²) in [6.45, 7) is 1.43. The second kappa shape index (κ2) is 9.38. The van der Waals surface area contributed by atoms with Crippen LogP contribution in [0, 0.1) is 0 Å². The Labute approximate surface area is 157 Å². The lowest BCUT2D eigenvalue weighted by molar-refractivity contribution is 0.491. The van der Waals surface area contributed by atoms with Crippen molar-refractivity contribution in [3.63, 3.8) is 0 Å². The number of thioether (sulfide) groups is 1.